The molecule has 1 saturated heterocycles. The number of nitrogens with zero attached hydrogens (tertiary/aromatic N) is 2. The maximum Gasteiger partial charge on any atom is 0.227 e. The Morgan fingerprint density at radius 2 is 2.25 bits per heavy atom. The molecular formula is C19H24N2O2S. The van der Waals surface area contributed by atoms with E-state index < -0.39 is 0 Å². The number of rotatable bonds is 6. The lowest BCUT2D eigenvalue weighted by Crippen LogP contribution is -2.42. The minimum absolute atomic E-state index is 0.108. The smallest absolute Gasteiger partial charge is 0.227 e. The van der Waals surface area contributed by atoms with Crippen molar-refractivity contribution in [2.24, 2.45) is 5.92 Å². The summed E-state index contributed by atoms with van der Waals surface area (Å²) in [6.45, 7) is 4.62. The highest BCUT2D eigenvalue weighted by Gasteiger charge is 2.28. The fourth-order valence-corrected chi connectivity index (χ4v) is 3.89. The van der Waals surface area contributed by atoms with Gasteiger partial charge in [0.2, 0.25) is 5.91 Å². The van der Waals surface area contributed by atoms with Crippen molar-refractivity contribution in [1.29, 1.82) is 0 Å². The van der Waals surface area contributed by atoms with Gasteiger partial charge in [-0.3, -0.25) is 4.79 Å². The minimum atomic E-state index is -0.108. The van der Waals surface area contributed by atoms with Crippen molar-refractivity contribution in [3.63, 3.8) is 0 Å². The van der Waals surface area contributed by atoms with E-state index in [0.29, 0.717) is 19.1 Å². The van der Waals surface area contributed by atoms with Crippen LogP contribution in [0.3, 0.4) is 0 Å². The highest BCUT2D eigenvalue weighted by molar-refractivity contribution is 7.09. The van der Waals surface area contributed by atoms with Crippen LogP contribution in [0, 0.1) is 5.92 Å². The van der Waals surface area contributed by atoms with Crippen LogP contribution in [0.1, 0.15) is 36.3 Å². The summed E-state index contributed by atoms with van der Waals surface area (Å²) in [4.78, 5) is 19.1. The van der Waals surface area contributed by atoms with Gasteiger partial charge in [0.25, 0.3) is 0 Å². The van der Waals surface area contributed by atoms with Crippen molar-refractivity contribution in [2.75, 3.05) is 19.7 Å². The Balaban J connectivity index is 1.48. The first kappa shape index (κ1) is 17.1. The van der Waals surface area contributed by atoms with Crippen molar-refractivity contribution in [3.05, 3.63) is 52.5 Å². The van der Waals surface area contributed by atoms with Crippen LogP contribution >= 0.6 is 11.3 Å². The summed E-state index contributed by atoms with van der Waals surface area (Å²) in [5.74, 6) is 0.480. The van der Waals surface area contributed by atoms with Crippen LogP contribution in [0.5, 0.6) is 0 Å². The summed E-state index contributed by atoms with van der Waals surface area (Å²) in [6.07, 6.45) is 4.02. The number of likely N-dealkylation sites (tertiary alicyclic amines) is 1. The van der Waals surface area contributed by atoms with E-state index in [9.17, 15) is 4.79 Å². The Bertz CT molecular complexity index is 630. The molecule has 2 aromatic rings. The Hall–Kier alpha value is -1.72. The van der Waals surface area contributed by atoms with Crippen molar-refractivity contribution < 1.29 is 9.53 Å². The van der Waals surface area contributed by atoms with Crippen LogP contribution < -0.4 is 0 Å². The molecule has 0 spiro atoms. The zero-order chi connectivity index (χ0) is 16.8. The molecular weight excluding hydrogens is 320 g/mol. The number of piperidine rings is 1. The summed E-state index contributed by atoms with van der Waals surface area (Å²) >= 11 is 1.69. The summed E-state index contributed by atoms with van der Waals surface area (Å²) in [6, 6.07) is 10.1. The highest BCUT2D eigenvalue weighted by atomic mass is 32.1. The molecule has 0 aliphatic carbocycles. The molecule has 1 aliphatic rings. The monoisotopic (exact) mass is 344 g/mol. The first-order chi connectivity index (χ1) is 11.7. The average molecular weight is 344 g/mol. The van der Waals surface area contributed by atoms with Crippen LogP contribution in [0.2, 0.25) is 0 Å². The van der Waals surface area contributed by atoms with Crippen LogP contribution in [-0.4, -0.2) is 35.5 Å². The average Bonchev–Trinajstić information content (AvgIpc) is 3.17. The number of benzene rings is 1. The first-order valence-electron chi connectivity index (χ1n) is 8.54. The summed E-state index contributed by atoms with van der Waals surface area (Å²) in [5.41, 5.74) is 1.14. The number of ether oxygens (including phenoxy) is 1. The summed E-state index contributed by atoms with van der Waals surface area (Å²) in [7, 11) is 0. The molecule has 0 radical (unpaired) electrons. The topological polar surface area (TPSA) is 42.4 Å². The third-order valence-corrected chi connectivity index (χ3v) is 5.37. The van der Waals surface area contributed by atoms with Gasteiger partial charge in [0.15, 0.2) is 0 Å². The van der Waals surface area contributed by atoms with Crippen LogP contribution in [0.4, 0.5) is 0 Å². The zero-order valence-electron chi connectivity index (χ0n) is 14.1. The van der Waals surface area contributed by atoms with Crippen molar-refractivity contribution in [3.8, 4) is 0 Å². The van der Waals surface area contributed by atoms with Crippen molar-refractivity contribution >= 4 is 17.2 Å². The van der Waals surface area contributed by atoms with Gasteiger partial charge >= 0.3 is 0 Å². The van der Waals surface area contributed by atoms with E-state index in [1.54, 1.807) is 11.3 Å². The predicted octanol–water partition coefficient (Wildman–Crippen LogP) is 3.70. The molecule has 1 aliphatic heterocycles. The molecule has 0 N–H and O–H groups in total. The van der Waals surface area contributed by atoms with E-state index in [1.165, 1.54) is 0 Å². The maximum absolute atomic E-state index is 12.7. The third-order valence-electron chi connectivity index (χ3n) is 4.43. The molecule has 2 heterocycles. The van der Waals surface area contributed by atoms with E-state index in [2.05, 4.69) is 4.98 Å². The predicted molar refractivity (Wildman–Crippen MR) is 95.9 cm³/mol. The maximum atomic E-state index is 12.7. The Morgan fingerprint density at radius 3 is 3.00 bits per heavy atom. The second kappa shape index (κ2) is 8.40. The largest absolute Gasteiger partial charge is 0.376 e. The van der Waals surface area contributed by atoms with Gasteiger partial charge in [-0.1, -0.05) is 37.3 Å². The molecule has 5 heteroatoms. The van der Waals surface area contributed by atoms with E-state index in [1.807, 2.05) is 53.7 Å². The van der Waals surface area contributed by atoms with Gasteiger partial charge in [0.1, 0.15) is 0 Å². The second-order valence-corrected chi connectivity index (χ2v) is 7.32. The SMILES string of the molecule is C[C@H](COCc1ccccc1)C(=O)N1CCC[C@@H](c2nccs2)C1. The first-order valence-corrected chi connectivity index (χ1v) is 9.42. The van der Waals surface area contributed by atoms with Crippen LogP contribution in [0.25, 0.3) is 0 Å². The molecule has 2 atom stereocenters. The van der Waals surface area contributed by atoms with Crippen LogP contribution in [0.15, 0.2) is 41.9 Å². The quantitative estimate of drug-likeness (QED) is 0.802. The lowest BCUT2D eigenvalue weighted by Gasteiger charge is -2.33. The standard InChI is InChI=1S/C19H24N2O2S/c1-15(13-23-14-16-6-3-2-4-7-16)19(22)21-10-5-8-17(12-21)18-20-9-11-24-18/h2-4,6-7,9,11,15,17H,5,8,10,12-14H2,1H3/t15-,17-/m1/s1. The number of carbonyl (C=O) groups excluding carboxylic acids is 1. The van der Waals surface area contributed by atoms with E-state index >= 15 is 0 Å². The highest BCUT2D eigenvalue weighted by Crippen LogP contribution is 2.28. The number of carbonyl (C=O) groups is 1. The molecule has 1 aromatic carbocycles. The van der Waals surface area contributed by atoms with E-state index in [4.69, 9.17) is 4.74 Å². The summed E-state index contributed by atoms with van der Waals surface area (Å²) < 4.78 is 5.73. The van der Waals surface area contributed by atoms with Gasteiger partial charge in [-0.25, -0.2) is 4.98 Å². The normalized spacial score (nSPS) is 19.2. The van der Waals surface area contributed by atoms with E-state index in [-0.39, 0.29) is 11.8 Å². The zero-order valence-corrected chi connectivity index (χ0v) is 14.9. The molecule has 0 bridgehead atoms. The van der Waals surface area contributed by atoms with Crippen LogP contribution in [-0.2, 0) is 16.1 Å². The van der Waals surface area contributed by atoms with Gasteiger partial charge < -0.3 is 9.64 Å². The molecule has 4 nitrogen and oxygen atoms in total. The van der Waals surface area contributed by atoms with Gasteiger partial charge in [-0.2, -0.15) is 0 Å². The number of amides is 1. The Labute approximate surface area is 147 Å². The van der Waals surface area contributed by atoms with Gasteiger partial charge in [-0.15, -0.1) is 11.3 Å². The fourth-order valence-electron chi connectivity index (χ4n) is 3.13. The number of aromatic nitrogens is 1. The number of hydrogen-bond donors (Lipinski definition) is 0. The molecule has 1 fully saturated rings. The molecule has 1 aromatic heterocycles. The number of thiazole rings is 1. The minimum Gasteiger partial charge on any atom is -0.376 e. The van der Waals surface area contributed by atoms with Crippen molar-refractivity contribution in [1.82, 2.24) is 9.88 Å². The van der Waals surface area contributed by atoms with E-state index in [0.717, 1.165) is 36.5 Å². The molecule has 0 unspecified atom stereocenters. The Morgan fingerprint density at radius 1 is 1.42 bits per heavy atom. The molecule has 0 saturated carbocycles. The number of hydrogen-bond acceptors (Lipinski definition) is 4. The summed E-state index contributed by atoms with van der Waals surface area (Å²) in [5, 5.41) is 3.16. The Kier molecular flexibility index (Phi) is 5.99. The second-order valence-electron chi connectivity index (χ2n) is 6.40. The van der Waals surface area contributed by atoms with Crippen molar-refractivity contribution in [2.45, 2.75) is 32.3 Å². The molecule has 1 amide bonds. The molecule has 3 rings (SSSR count). The molecule has 24 heavy (non-hydrogen) atoms. The third kappa shape index (κ3) is 4.42. The van der Waals surface area contributed by atoms with Gasteiger partial charge in [0, 0.05) is 30.6 Å². The van der Waals surface area contributed by atoms with Gasteiger partial charge in [0.05, 0.1) is 24.1 Å². The fraction of sp³-hybridized carbons (Fsp3) is 0.474. The lowest BCUT2D eigenvalue weighted by molar-refractivity contribution is -0.138. The molecule has 128 valence electrons. The van der Waals surface area contributed by atoms with Gasteiger partial charge in [-0.05, 0) is 18.4 Å². The lowest BCUT2D eigenvalue weighted by atomic mass is 9.97.